The molecule has 1 aromatic heterocycles. The molecule has 0 radical (unpaired) electrons. The highest BCUT2D eigenvalue weighted by atomic mass is 32.1. The van der Waals surface area contributed by atoms with E-state index in [9.17, 15) is 9.59 Å². The Hall–Kier alpha value is -3.32. The average molecular weight is 490 g/mol. The van der Waals surface area contributed by atoms with Crippen molar-refractivity contribution in [1.29, 1.82) is 0 Å². The second-order valence-corrected chi connectivity index (χ2v) is 10.2. The van der Waals surface area contributed by atoms with E-state index in [1.165, 1.54) is 5.56 Å². The zero-order chi connectivity index (χ0) is 24.2. The summed E-state index contributed by atoms with van der Waals surface area (Å²) in [6.45, 7) is 4.12. The van der Waals surface area contributed by atoms with E-state index in [2.05, 4.69) is 36.5 Å². The summed E-state index contributed by atoms with van der Waals surface area (Å²) in [6, 6.07) is 19.7. The number of aryl methyl sites for hydroxylation is 1. The lowest BCUT2D eigenvalue weighted by Crippen LogP contribution is -2.53. The molecule has 35 heavy (non-hydrogen) atoms. The van der Waals surface area contributed by atoms with E-state index >= 15 is 0 Å². The first-order chi connectivity index (χ1) is 17.1. The van der Waals surface area contributed by atoms with E-state index in [4.69, 9.17) is 4.74 Å². The molecule has 5 rings (SSSR count). The van der Waals surface area contributed by atoms with Crippen LogP contribution in [-0.4, -0.2) is 49.0 Å². The van der Waals surface area contributed by atoms with Gasteiger partial charge >= 0.3 is 0 Å². The van der Waals surface area contributed by atoms with Crippen LogP contribution in [0.2, 0.25) is 0 Å². The van der Waals surface area contributed by atoms with Crippen LogP contribution in [0.1, 0.15) is 41.3 Å². The third-order valence-corrected chi connectivity index (χ3v) is 7.62. The molecule has 0 saturated carbocycles. The Morgan fingerprint density at radius 3 is 2.54 bits per heavy atom. The summed E-state index contributed by atoms with van der Waals surface area (Å²) in [4.78, 5) is 31.5. The third-order valence-electron chi connectivity index (χ3n) is 6.68. The first kappa shape index (κ1) is 23.4. The highest BCUT2D eigenvalue weighted by molar-refractivity contribution is 7.10. The van der Waals surface area contributed by atoms with Crippen LogP contribution in [0.4, 0.5) is 5.69 Å². The summed E-state index contributed by atoms with van der Waals surface area (Å²) in [5.41, 5.74) is 3.07. The molecule has 0 aliphatic carbocycles. The zero-order valence-corrected chi connectivity index (χ0v) is 20.8. The van der Waals surface area contributed by atoms with Crippen molar-refractivity contribution in [2.45, 2.75) is 38.3 Å². The molecule has 2 aliphatic rings. The van der Waals surface area contributed by atoms with Crippen molar-refractivity contribution in [1.82, 2.24) is 10.2 Å². The normalized spacial score (nSPS) is 18.4. The summed E-state index contributed by atoms with van der Waals surface area (Å²) in [5, 5.41) is 5.26. The maximum Gasteiger partial charge on any atom is 0.265 e. The molecular formula is C28H31N3O3S. The summed E-state index contributed by atoms with van der Waals surface area (Å²) in [6.07, 6.45) is 2.62. The van der Waals surface area contributed by atoms with Gasteiger partial charge in [0.15, 0.2) is 6.10 Å². The van der Waals surface area contributed by atoms with Gasteiger partial charge in [-0.15, -0.1) is 11.3 Å². The Kier molecular flexibility index (Phi) is 7.04. The molecular weight excluding hydrogens is 458 g/mol. The number of hydrogen-bond donors (Lipinski definition) is 1. The standard InChI is InChI=1S/C28H31N3O3S/c1-20-11-13-21(14-12-20)27(25-10-7-17-35-25)29-26(32)19-31-18-24(28(33)30-15-5-2-6-16-30)34-23-9-4-3-8-22(23)31/h3-4,7-14,17,24,27H,2,5-6,15-16,18-19H2,1H3,(H,29,32). The number of nitrogens with zero attached hydrogens (tertiary/aromatic N) is 2. The Balaban J connectivity index is 1.34. The predicted octanol–water partition coefficient (Wildman–Crippen LogP) is 4.54. The molecule has 182 valence electrons. The molecule has 2 amide bonds. The van der Waals surface area contributed by atoms with Gasteiger partial charge in [-0.3, -0.25) is 9.59 Å². The summed E-state index contributed by atoms with van der Waals surface area (Å²) in [5.74, 6) is 0.570. The van der Waals surface area contributed by atoms with E-state index in [1.807, 2.05) is 51.6 Å². The van der Waals surface area contributed by atoms with Crippen molar-refractivity contribution in [2.24, 2.45) is 0 Å². The fourth-order valence-electron chi connectivity index (χ4n) is 4.82. The average Bonchev–Trinajstić information content (AvgIpc) is 3.43. The van der Waals surface area contributed by atoms with Crippen LogP contribution < -0.4 is 15.0 Å². The third kappa shape index (κ3) is 5.35. The first-order valence-corrected chi connectivity index (χ1v) is 13.2. The van der Waals surface area contributed by atoms with Crippen LogP contribution in [0, 0.1) is 6.92 Å². The minimum Gasteiger partial charge on any atom is -0.477 e. The molecule has 2 atom stereocenters. The summed E-state index contributed by atoms with van der Waals surface area (Å²) in [7, 11) is 0. The Bertz CT molecular complexity index is 1160. The number of carbonyl (C=O) groups is 2. The molecule has 2 aromatic carbocycles. The van der Waals surface area contributed by atoms with E-state index in [1.54, 1.807) is 11.3 Å². The van der Waals surface area contributed by atoms with Crippen molar-refractivity contribution < 1.29 is 14.3 Å². The number of para-hydroxylation sites is 2. The maximum absolute atomic E-state index is 13.4. The molecule has 7 heteroatoms. The van der Waals surface area contributed by atoms with Gasteiger partial charge in [0.25, 0.3) is 5.91 Å². The molecule has 3 heterocycles. The van der Waals surface area contributed by atoms with Gasteiger partial charge in [-0.05, 0) is 55.3 Å². The van der Waals surface area contributed by atoms with Gasteiger partial charge in [0.05, 0.1) is 24.8 Å². The fraction of sp³-hybridized carbons (Fsp3) is 0.357. The quantitative estimate of drug-likeness (QED) is 0.552. The Morgan fingerprint density at radius 1 is 1.03 bits per heavy atom. The van der Waals surface area contributed by atoms with E-state index in [0.717, 1.165) is 48.5 Å². The molecule has 2 unspecified atom stereocenters. The van der Waals surface area contributed by atoms with Gasteiger partial charge in [-0.1, -0.05) is 48.0 Å². The number of piperidine rings is 1. The highest BCUT2D eigenvalue weighted by Gasteiger charge is 2.34. The van der Waals surface area contributed by atoms with Crippen molar-refractivity contribution in [3.8, 4) is 5.75 Å². The number of nitrogens with one attached hydrogen (secondary N) is 1. The predicted molar refractivity (Wildman–Crippen MR) is 139 cm³/mol. The van der Waals surface area contributed by atoms with Gasteiger partial charge in [-0.25, -0.2) is 0 Å². The van der Waals surface area contributed by atoms with Crippen molar-refractivity contribution >= 4 is 28.8 Å². The number of hydrogen-bond acceptors (Lipinski definition) is 5. The number of likely N-dealkylation sites (tertiary alicyclic amines) is 1. The fourth-order valence-corrected chi connectivity index (χ4v) is 5.62. The largest absolute Gasteiger partial charge is 0.477 e. The topological polar surface area (TPSA) is 61.9 Å². The number of anilines is 1. The first-order valence-electron chi connectivity index (χ1n) is 12.3. The molecule has 6 nitrogen and oxygen atoms in total. The van der Waals surface area contributed by atoms with Crippen LogP contribution in [0.25, 0.3) is 0 Å². The maximum atomic E-state index is 13.4. The van der Waals surface area contributed by atoms with Gasteiger partial charge in [0.2, 0.25) is 5.91 Å². The second-order valence-electron chi connectivity index (χ2n) is 9.27. The number of carbonyl (C=O) groups excluding carboxylic acids is 2. The summed E-state index contributed by atoms with van der Waals surface area (Å²) < 4.78 is 6.12. The summed E-state index contributed by atoms with van der Waals surface area (Å²) >= 11 is 1.63. The minimum atomic E-state index is -0.610. The molecule has 3 aromatic rings. The molecule has 0 bridgehead atoms. The minimum absolute atomic E-state index is 0.0146. The van der Waals surface area contributed by atoms with Crippen LogP contribution in [-0.2, 0) is 9.59 Å². The van der Waals surface area contributed by atoms with Gasteiger partial charge in [-0.2, -0.15) is 0 Å². The molecule has 2 aliphatic heterocycles. The zero-order valence-electron chi connectivity index (χ0n) is 20.0. The smallest absolute Gasteiger partial charge is 0.265 e. The number of fused-ring (bicyclic) bond motifs is 1. The van der Waals surface area contributed by atoms with Crippen LogP contribution in [0.15, 0.2) is 66.0 Å². The van der Waals surface area contributed by atoms with Gasteiger partial charge in [0.1, 0.15) is 5.75 Å². The molecule has 1 N–H and O–H groups in total. The van der Waals surface area contributed by atoms with Gasteiger partial charge < -0.3 is 19.9 Å². The highest BCUT2D eigenvalue weighted by Crippen LogP contribution is 2.34. The lowest BCUT2D eigenvalue weighted by Gasteiger charge is -2.38. The van der Waals surface area contributed by atoms with Crippen molar-refractivity contribution in [3.63, 3.8) is 0 Å². The molecule has 1 saturated heterocycles. The van der Waals surface area contributed by atoms with Crippen LogP contribution in [0.3, 0.4) is 0 Å². The monoisotopic (exact) mass is 489 g/mol. The van der Waals surface area contributed by atoms with E-state index < -0.39 is 6.10 Å². The van der Waals surface area contributed by atoms with Crippen LogP contribution >= 0.6 is 11.3 Å². The van der Waals surface area contributed by atoms with Crippen molar-refractivity contribution in [3.05, 3.63) is 82.0 Å². The van der Waals surface area contributed by atoms with Gasteiger partial charge in [0, 0.05) is 18.0 Å². The second kappa shape index (κ2) is 10.5. The van der Waals surface area contributed by atoms with E-state index in [0.29, 0.717) is 12.3 Å². The Labute approximate surface area is 210 Å². The van der Waals surface area contributed by atoms with E-state index in [-0.39, 0.29) is 24.4 Å². The molecule has 1 fully saturated rings. The number of benzene rings is 2. The number of rotatable bonds is 6. The van der Waals surface area contributed by atoms with Crippen molar-refractivity contribution in [2.75, 3.05) is 31.1 Å². The number of ether oxygens (including phenoxy) is 1. The number of thiophene rings is 1. The molecule has 0 spiro atoms. The van der Waals surface area contributed by atoms with Crippen LogP contribution in [0.5, 0.6) is 5.75 Å². The SMILES string of the molecule is Cc1ccc(C(NC(=O)CN2CC(C(=O)N3CCCCC3)Oc3ccccc32)c2cccs2)cc1. The number of amides is 2. The Morgan fingerprint density at radius 2 is 1.80 bits per heavy atom. The lowest BCUT2D eigenvalue weighted by atomic mass is 10.0. The lowest BCUT2D eigenvalue weighted by molar-refractivity contribution is -0.139.